The minimum atomic E-state index is -0.975. The van der Waals surface area contributed by atoms with E-state index in [2.05, 4.69) is 6.92 Å². The molecule has 6 nitrogen and oxygen atoms in total. The average molecular weight is 284 g/mol. The Morgan fingerprint density at radius 3 is 2.65 bits per heavy atom. The summed E-state index contributed by atoms with van der Waals surface area (Å²) < 4.78 is 5.33. The molecule has 0 aliphatic carbocycles. The first-order chi connectivity index (χ1) is 9.41. The number of amides is 2. The van der Waals surface area contributed by atoms with Gasteiger partial charge in [-0.1, -0.05) is 12.8 Å². The normalized spacial score (nSPS) is 25.8. The summed E-state index contributed by atoms with van der Waals surface area (Å²) in [6.45, 7) is 5.42. The first kappa shape index (κ1) is 15.1. The van der Waals surface area contributed by atoms with Crippen molar-refractivity contribution >= 4 is 12.0 Å². The molecule has 2 aliphatic rings. The minimum absolute atomic E-state index is 0.0656. The highest BCUT2D eigenvalue weighted by Gasteiger charge is 2.44. The fourth-order valence-electron chi connectivity index (χ4n) is 2.96. The van der Waals surface area contributed by atoms with E-state index in [0.717, 1.165) is 19.4 Å². The molecular formula is C14H24N2O4. The van der Waals surface area contributed by atoms with Crippen molar-refractivity contribution in [2.75, 3.05) is 26.2 Å². The largest absolute Gasteiger partial charge is 0.480 e. The number of ether oxygens (including phenoxy) is 1. The van der Waals surface area contributed by atoms with Crippen LogP contribution in [0, 0.1) is 0 Å². The summed E-state index contributed by atoms with van der Waals surface area (Å²) in [4.78, 5) is 26.7. The summed E-state index contributed by atoms with van der Waals surface area (Å²) in [7, 11) is 0. The van der Waals surface area contributed by atoms with Gasteiger partial charge in [0.1, 0.15) is 12.2 Å². The number of nitrogens with zero attached hydrogens (tertiary/aromatic N) is 2. The van der Waals surface area contributed by atoms with Gasteiger partial charge in [0.05, 0.1) is 13.1 Å². The van der Waals surface area contributed by atoms with Gasteiger partial charge < -0.3 is 19.6 Å². The van der Waals surface area contributed by atoms with E-state index in [0.29, 0.717) is 13.1 Å². The van der Waals surface area contributed by atoms with Gasteiger partial charge in [-0.2, -0.15) is 0 Å². The molecule has 2 aliphatic heterocycles. The zero-order chi connectivity index (χ0) is 14.8. The Balaban J connectivity index is 1.84. The fourth-order valence-corrected chi connectivity index (χ4v) is 2.96. The third-order valence-corrected chi connectivity index (χ3v) is 4.16. The molecule has 2 rings (SSSR count). The lowest BCUT2D eigenvalue weighted by molar-refractivity contribution is -0.160. The Bertz CT molecular complexity index is 379. The van der Waals surface area contributed by atoms with Crippen LogP contribution in [0.2, 0.25) is 0 Å². The number of likely N-dealkylation sites (tertiary alicyclic amines) is 2. The van der Waals surface area contributed by atoms with Crippen molar-refractivity contribution in [2.24, 2.45) is 0 Å². The van der Waals surface area contributed by atoms with Crippen LogP contribution in [0.3, 0.4) is 0 Å². The lowest BCUT2D eigenvalue weighted by Gasteiger charge is -2.49. The van der Waals surface area contributed by atoms with Crippen molar-refractivity contribution in [1.29, 1.82) is 0 Å². The molecule has 2 amide bonds. The molecule has 0 aromatic rings. The fraction of sp³-hybridized carbons (Fsp3) is 0.857. The predicted octanol–water partition coefficient (Wildman–Crippen LogP) is 1.55. The third-order valence-electron chi connectivity index (χ3n) is 4.16. The molecule has 0 aromatic heterocycles. The first-order valence-corrected chi connectivity index (χ1v) is 7.33. The van der Waals surface area contributed by atoms with Crippen LogP contribution in [-0.2, 0) is 9.53 Å². The molecule has 0 aromatic carbocycles. The molecule has 0 spiro atoms. The van der Waals surface area contributed by atoms with Gasteiger partial charge in [-0.15, -0.1) is 0 Å². The van der Waals surface area contributed by atoms with Crippen molar-refractivity contribution in [3.05, 3.63) is 0 Å². The lowest BCUT2D eigenvalue weighted by atomic mass is 9.97. The minimum Gasteiger partial charge on any atom is -0.480 e. The Morgan fingerprint density at radius 2 is 2.00 bits per heavy atom. The monoisotopic (exact) mass is 284 g/mol. The second-order valence-electron chi connectivity index (χ2n) is 6.16. The Morgan fingerprint density at radius 1 is 1.30 bits per heavy atom. The molecule has 20 heavy (non-hydrogen) atoms. The van der Waals surface area contributed by atoms with Gasteiger partial charge in [0, 0.05) is 12.6 Å². The van der Waals surface area contributed by atoms with Crippen LogP contribution in [0.4, 0.5) is 4.79 Å². The van der Waals surface area contributed by atoms with Gasteiger partial charge in [0.25, 0.3) is 0 Å². The van der Waals surface area contributed by atoms with E-state index < -0.39 is 11.6 Å². The van der Waals surface area contributed by atoms with Crippen molar-refractivity contribution in [3.8, 4) is 0 Å². The molecular weight excluding hydrogens is 260 g/mol. The van der Waals surface area contributed by atoms with Crippen LogP contribution in [0.5, 0.6) is 0 Å². The number of carboxylic acids is 1. The van der Waals surface area contributed by atoms with Gasteiger partial charge in [0.15, 0.2) is 0 Å². The maximum absolute atomic E-state index is 12.4. The average Bonchev–Trinajstić information content (AvgIpc) is 2.57. The van der Waals surface area contributed by atoms with Gasteiger partial charge in [-0.3, -0.25) is 0 Å². The van der Waals surface area contributed by atoms with E-state index >= 15 is 0 Å². The second kappa shape index (κ2) is 5.99. The van der Waals surface area contributed by atoms with Gasteiger partial charge in [0.2, 0.25) is 0 Å². The molecule has 2 saturated heterocycles. The second-order valence-corrected chi connectivity index (χ2v) is 6.16. The van der Waals surface area contributed by atoms with E-state index in [1.165, 1.54) is 12.8 Å². The van der Waals surface area contributed by atoms with Crippen molar-refractivity contribution in [2.45, 2.75) is 51.2 Å². The standard InChI is InChI=1S/C14H24N2O4/c1-11-6-4-3-5-7-16(11)13(19)15-9-14(2,10-15)20-8-12(17)18/h11H,3-10H2,1-2H3,(H,17,18). The summed E-state index contributed by atoms with van der Waals surface area (Å²) in [6, 6.07) is 0.354. The molecule has 0 bridgehead atoms. The van der Waals surface area contributed by atoms with E-state index in [9.17, 15) is 9.59 Å². The molecule has 2 heterocycles. The Kier molecular flexibility index (Phi) is 4.52. The van der Waals surface area contributed by atoms with E-state index in [1.54, 1.807) is 4.90 Å². The highest BCUT2D eigenvalue weighted by molar-refractivity contribution is 5.76. The zero-order valence-corrected chi connectivity index (χ0v) is 12.3. The van der Waals surface area contributed by atoms with Crippen LogP contribution in [0.1, 0.15) is 39.5 Å². The number of hydrogen-bond acceptors (Lipinski definition) is 3. The first-order valence-electron chi connectivity index (χ1n) is 7.33. The number of urea groups is 1. The molecule has 1 N–H and O–H groups in total. The highest BCUT2D eigenvalue weighted by atomic mass is 16.5. The lowest BCUT2D eigenvalue weighted by Crippen LogP contribution is -2.66. The smallest absolute Gasteiger partial charge is 0.329 e. The maximum Gasteiger partial charge on any atom is 0.329 e. The number of carbonyl (C=O) groups is 2. The van der Waals surface area contributed by atoms with Crippen LogP contribution in [0.25, 0.3) is 0 Å². The quantitative estimate of drug-likeness (QED) is 0.853. The van der Waals surface area contributed by atoms with Crippen molar-refractivity contribution < 1.29 is 19.4 Å². The predicted molar refractivity (Wildman–Crippen MR) is 73.6 cm³/mol. The zero-order valence-electron chi connectivity index (χ0n) is 12.3. The summed E-state index contributed by atoms with van der Waals surface area (Å²) >= 11 is 0. The van der Waals surface area contributed by atoms with E-state index in [4.69, 9.17) is 9.84 Å². The Hall–Kier alpha value is -1.30. The molecule has 1 unspecified atom stereocenters. The summed E-state index contributed by atoms with van der Waals surface area (Å²) in [5.41, 5.74) is -0.511. The van der Waals surface area contributed by atoms with E-state index in [-0.39, 0.29) is 18.7 Å². The number of carboxylic acid groups (broad SMARTS) is 1. The van der Waals surface area contributed by atoms with Crippen LogP contribution in [-0.4, -0.2) is 64.8 Å². The summed E-state index contributed by atoms with van der Waals surface area (Å²) in [6.07, 6.45) is 4.50. The number of carbonyl (C=O) groups excluding carboxylic acids is 1. The van der Waals surface area contributed by atoms with Gasteiger partial charge in [-0.25, -0.2) is 9.59 Å². The van der Waals surface area contributed by atoms with Gasteiger partial charge in [-0.05, 0) is 26.7 Å². The van der Waals surface area contributed by atoms with E-state index in [1.807, 2.05) is 11.8 Å². The highest BCUT2D eigenvalue weighted by Crippen LogP contribution is 2.27. The molecule has 114 valence electrons. The number of rotatable bonds is 3. The topological polar surface area (TPSA) is 70.1 Å². The van der Waals surface area contributed by atoms with Crippen LogP contribution in [0.15, 0.2) is 0 Å². The molecule has 0 radical (unpaired) electrons. The summed E-state index contributed by atoms with van der Waals surface area (Å²) in [5.74, 6) is -0.975. The maximum atomic E-state index is 12.4. The SMILES string of the molecule is CC1CCCCCN1C(=O)N1CC(C)(OCC(=O)O)C1. The van der Waals surface area contributed by atoms with Gasteiger partial charge >= 0.3 is 12.0 Å². The van der Waals surface area contributed by atoms with Crippen LogP contribution < -0.4 is 0 Å². The molecule has 0 saturated carbocycles. The molecule has 6 heteroatoms. The third kappa shape index (κ3) is 3.42. The van der Waals surface area contributed by atoms with Crippen LogP contribution >= 0.6 is 0 Å². The Labute approximate surface area is 119 Å². The molecule has 1 atom stereocenters. The number of aliphatic carboxylic acids is 1. The molecule has 2 fully saturated rings. The van der Waals surface area contributed by atoms with Crippen molar-refractivity contribution in [1.82, 2.24) is 9.80 Å². The number of hydrogen-bond donors (Lipinski definition) is 1. The summed E-state index contributed by atoms with van der Waals surface area (Å²) in [5, 5.41) is 8.63. The van der Waals surface area contributed by atoms with Crippen molar-refractivity contribution in [3.63, 3.8) is 0 Å².